The van der Waals surface area contributed by atoms with Crippen LogP contribution in [0.3, 0.4) is 0 Å². The van der Waals surface area contributed by atoms with E-state index in [2.05, 4.69) is 10.1 Å². The van der Waals surface area contributed by atoms with E-state index in [4.69, 9.17) is 5.73 Å². The van der Waals surface area contributed by atoms with Gasteiger partial charge in [0, 0.05) is 23.7 Å². The molecule has 0 saturated heterocycles. The molecule has 1 aromatic carbocycles. The van der Waals surface area contributed by atoms with Crippen LogP contribution in [0, 0.1) is 11.7 Å². The van der Waals surface area contributed by atoms with Crippen molar-refractivity contribution in [2.75, 3.05) is 5.32 Å². The molecule has 3 N–H and O–H groups in total. The van der Waals surface area contributed by atoms with Gasteiger partial charge in [-0.25, -0.2) is 4.39 Å². The van der Waals surface area contributed by atoms with Gasteiger partial charge < -0.3 is 15.8 Å². The summed E-state index contributed by atoms with van der Waals surface area (Å²) < 4.78 is 41.4. The maximum Gasteiger partial charge on any atom is 0.387 e. The minimum Gasteiger partial charge on any atom is -0.432 e. The molecule has 4 nitrogen and oxygen atoms in total. The predicted octanol–water partition coefficient (Wildman–Crippen LogP) is 2.49. The van der Waals surface area contributed by atoms with E-state index in [9.17, 15) is 18.0 Å². The van der Waals surface area contributed by atoms with Crippen molar-refractivity contribution in [3.8, 4) is 5.75 Å². The van der Waals surface area contributed by atoms with E-state index in [1.807, 2.05) is 0 Å². The molecule has 0 radical (unpaired) electrons. The largest absolute Gasteiger partial charge is 0.432 e. The van der Waals surface area contributed by atoms with Gasteiger partial charge >= 0.3 is 6.61 Å². The van der Waals surface area contributed by atoms with Crippen LogP contribution in [0.4, 0.5) is 18.9 Å². The van der Waals surface area contributed by atoms with Crippen LogP contribution in [-0.4, -0.2) is 18.6 Å². The molecule has 2 atom stereocenters. The third-order valence-corrected chi connectivity index (χ3v) is 3.26. The van der Waals surface area contributed by atoms with Crippen LogP contribution in [0.15, 0.2) is 18.2 Å². The number of hydrogen-bond acceptors (Lipinski definition) is 3. The van der Waals surface area contributed by atoms with Gasteiger partial charge in [-0.1, -0.05) is 0 Å². The van der Waals surface area contributed by atoms with Crippen molar-refractivity contribution in [3.05, 3.63) is 24.0 Å². The van der Waals surface area contributed by atoms with Gasteiger partial charge in [0.05, 0.1) is 0 Å². The maximum absolute atomic E-state index is 13.5. The number of halogens is 3. The summed E-state index contributed by atoms with van der Waals surface area (Å²) in [6.07, 6.45) is 2.08. The Balaban J connectivity index is 1.99. The van der Waals surface area contributed by atoms with Gasteiger partial charge in [0.15, 0.2) is 11.6 Å². The maximum atomic E-state index is 13.5. The third kappa shape index (κ3) is 3.63. The summed E-state index contributed by atoms with van der Waals surface area (Å²) in [5, 5.41) is 2.55. The molecular formula is C13H15F3N2O2. The van der Waals surface area contributed by atoms with Crippen molar-refractivity contribution < 1.29 is 22.7 Å². The summed E-state index contributed by atoms with van der Waals surface area (Å²) in [6.45, 7) is -3.09. The number of benzene rings is 1. The smallest absolute Gasteiger partial charge is 0.387 e. The molecule has 1 fully saturated rings. The standard InChI is InChI=1S/C13H15F3N2O2/c14-10-6-9(3-4-11(10)20-13(15)16)18-12(19)7-1-2-8(17)5-7/h3-4,6-8,13H,1-2,5,17H2,(H,18,19). The van der Waals surface area contributed by atoms with E-state index < -0.39 is 18.2 Å². The summed E-state index contributed by atoms with van der Waals surface area (Å²) in [4.78, 5) is 11.9. The molecule has 0 bridgehead atoms. The van der Waals surface area contributed by atoms with Gasteiger partial charge in [-0.05, 0) is 31.4 Å². The average molecular weight is 288 g/mol. The molecular weight excluding hydrogens is 273 g/mol. The minimum absolute atomic E-state index is 0.0179. The number of alkyl halides is 2. The Bertz CT molecular complexity index is 497. The first-order valence-corrected chi connectivity index (χ1v) is 6.26. The molecule has 110 valence electrons. The fraction of sp³-hybridized carbons (Fsp3) is 0.462. The lowest BCUT2D eigenvalue weighted by molar-refractivity contribution is -0.119. The van der Waals surface area contributed by atoms with Gasteiger partial charge in [0.2, 0.25) is 5.91 Å². The zero-order valence-corrected chi connectivity index (χ0v) is 10.6. The van der Waals surface area contributed by atoms with Crippen molar-refractivity contribution >= 4 is 11.6 Å². The number of nitrogens with one attached hydrogen (secondary N) is 1. The van der Waals surface area contributed by atoms with Gasteiger partial charge in [-0.15, -0.1) is 0 Å². The van der Waals surface area contributed by atoms with Crippen molar-refractivity contribution in [3.63, 3.8) is 0 Å². The SMILES string of the molecule is NC1CCC(C(=O)Nc2ccc(OC(F)F)c(F)c2)C1. The zero-order chi connectivity index (χ0) is 14.7. The molecule has 20 heavy (non-hydrogen) atoms. The third-order valence-electron chi connectivity index (χ3n) is 3.26. The van der Waals surface area contributed by atoms with Crippen LogP contribution in [-0.2, 0) is 4.79 Å². The first-order chi connectivity index (χ1) is 9.45. The van der Waals surface area contributed by atoms with Crippen LogP contribution in [0.5, 0.6) is 5.75 Å². The van der Waals surface area contributed by atoms with Gasteiger partial charge in [-0.3, -0.25) is 4.79 Å². The molecule has 1 aliphatic rings. The Labute approximate surface area is 114 Å². The fourth-order valence-corrected chi connectivity index (χ4v) is 2.27. The van der Waals surface area contributed by atoms with Gasteiger partial charge in [-0.2, -0.15) is 8.78 Å². The molecule has 0 aliphatic heterocycles. The monoisotopic (exact) mass is 288 g/mol. The van der Waals surface area contributed by atoms with E-state index >= 15 is 0 Å². The Kier molecular flexibility index (Phi) is 4.49. The van der Waals surface area contributed by atoms with Gasteiger partial charge in [0.25, 0.3) is 0 Å². The first-order valence-electron chi connectivity index (χ1n) is 6.26. The number of nitrogens with two attached hydrogens (primary N) is 1. The number of rotatable bonds is 4. The van der Waals surface area contributed by atoms with E-state index in [0.29, 0.717) is 12.8 Å². The second-order valence-electron chi connectivity index (χ2n) is 4.78. The number of carbonyl (C=O) groups is 1. The molecule has 2 unspecified atom stereocenters. The minimum atomic E-state index is -3.09. The lowest BCUT2D eigenvalue weighted by Gasteiger charge is -2.12. The highest BCUT2D eigenvalue weighted by Gasteiger charge is 2.27. The van der Waals surface area contributed by atoms with Gasteiger partial charge in [0.1, 0.15) is 0 Å². The Hall–Kier alpha value is -1.76. The molecule has 7 heteroatoms. The highest BCUT2D eigenvalue weighted by atomic mass is 19.3. The number of hydrogen-bond donors (Lipinski definition) is 2. The number of ether oxygens (including phenoxy) is 1. The number of anilines is 1. The molecule has 1 aromatic rings. The van der Waals surface area contributed by atoms with Crippen LogP contribution in [0.25, 0.3) is 0 Å². The fourth-order valence-electron chi connectivity index (χ4n) is 2.27. The van der Waals surface area contributed by atoms with Crippen LogP contribution < -0.4 is 15.8 Å². The normalized spacial score (nSPS) is 22.1. The first kappa shape index (κ1) is 14.6. The topological polar surface area (TPSA) is 64.4 Å². The average Bonchev–Trinajstić information content (AvgIpc) is 2.79. The Morgan fingerprint density at radius 2 is 2.15 bits per heavy atom. The summed E-state index contributed by atoms with van der Waals surface area (Å²) >= 11 is 0. The summed E-state index contributed by atoms with van der Waals surface area (Å²) in [6, 6.07) is 3.33. The lowest BCUT2D eigenvalue weighted by atomic mass is 10.1. The second-order valence-corrected chi connectivity index (χ2v) is 4.78. The van der Waals surface area contributed by atoms with E-state index in [-0.39, 0.29) is 23.6 Å². The molecule has 1 saturated carbocycles. The molecule has 1 amide bonds. The summed E-state index contributed by atoms with van der Waals surface area (Å²) in [7, 11) is 0. The molecule has 0 heterocycles. The predicted molar refractivity (Wildman–Crippen MR) is 67.0 cm³/mol. The highest BCUT2D eigenvalue weighted by molar-refractivity contribution is 5.92. The van der Waals surface area contributed by atoms with E-state index in [1.54, 1.807) is 0 Å². The van der Waals surface area contributed by atoms with Crippen LogP contribution >= 0.6 is 0 Å². The van der Waals surface area contributed by atoms with Crippen LogP contribution in [0.1, 0.15) is 19.3 Å². The molecule has 2 rings (SSSR count). The Morgan fingerprint density at radius 3 is 2.70 bits per heavy atom. The lowest BCUT2D eigenvalue weighted by Crippen LogP contribution is -2.23. The van der Waals surface area contributed by atoms with Crippen molar-refractivity contribution in [1.29, 1.82) is 0 Å². The number of amides is 1. The van der Waals surface area contributed by atoms with E-state index in [0.717, 1.165) is 18.6 Å². The van der Waals surface area contributed by atoms with Crippen molar-refractivity contribution in [2.24, 2.45) is 11.7 Å². The van der Waals surface area contributed by atoms with Crippen molar-refractivity contribution in [1.82, 2.24) is 0 Å². The summed E-state index contributed by atoms with van der Waals surface area (Å²) in [5.41, 5.74) is 5.92. The van der Waals surface area contributed by atoms with Crippen LogP contribution in [0.2, 0.25) is 0 Å². The number of carbonyl (C=O) groups excluding carboxylic acids is 1. The second kappa shape index (κ2) is 6.13. The van der Waals surface area contributed by atoms with E-state index in [1.165, 1.54) is 6.07 Å². The zero-order valence-electron chi connectivity index (χ0n) is 10.6. The summed E-state index contributed by atoms with van der Waals surface area (Å²) in [5.74, 6) is -1.93. The molecule has 1 aliphatic carbocycles. The van der Waals surface area contributed by atoms with Crippen molar-refractivity contribution in [2.45, 2.75) is 31.9 Å². The Morgan fingerprint density at radius 1 is 1.40 bits per heavy atom. The highest BCUT2D eigenvalue weighted by Crippen LogP contribution is 2.27. The molecule has 0 spiro atoms. The molecule has 0 aromatic heterocycles. The quantitative estimate of drug-likeness (QED) is 0.894.